The predicted molar refractivity (Wildman–Crippen MR) is 69.1 cm³/mol. The van der Waals surface area contributed by atoms with Crippen molar-refractivity contribution >= 4 is 11.8 Å². The van der Waals surface area contributed by atoms with Gasteiger partial charge in [-0.3, -0.25) is 9.59 Å². The lowest BCUT2D eigenvalue weighted by atomic mass is 10.1. The highest BCUT2D eigenvalue weighted by Gasteiger charge is 2.19. The highest BCUT2D eigenvalue weighted by Crippen LogP contribution is 2.05. The third kappa shape index (κ3) is 3.78. The maximum Gasteiger partial charge on any atom is 0.272 e. The SMILES string of the molecule is CNC(=O)C(C)CN(C)C(=O)c1ccc(C#N)cn1. The van der Waals surface area contributed by atoms with Crippen LogP contribution in [0.4, 0.5) is 0 Å². The normalized spacial score (nSPS) is 11.3. The zero-order valence-corrected chi connectivity index (χ0v) is 11.2. The van der Waals surface area contributed by atoms with Gasteiger partial charge in [0.05, 0.1) is 11.5 Å². The molecule has 1 heterocycles. The second-order valence-corrected chi connectivity index (χ2v) is 4.24. The van der Waals surface area contributed by atoms with Crippen molar-refractivity contribution in [2.75, 3.05) is 20.6 Å². The Morgan fingerprint density at radius 1 is 1.53 bits per heavy atom. The summed E-state index contributed by atoms with van der Waals surface area (Å²) in [5.41, 5.74) is 0.656. The van der Waals surface area contributed by atoms with Gasteiger partial charge in [-0.15, -0.1) is 0 Å². The summed E-state index contributed by atoms with van der Waals surface area (Å²) in [7, 11) is 3.17. The zero-order chi connectivity index (χ0) is 14.4. The van der Waals surface area contributed by atoms with Crippen LogP contribution in [-0.2, 0) is 4.79 Å². The van der Waals surface area contributed by atoms with Crippen LogP contribution in [-0.4, -0.2) is 42.3 Å². The molecule has 19 heavy (non-hydrogen) atoms. The molecule has 1 N–H and O–H groups in total. The fourth-order valence-electron chi connectivity index (χ4n) is 1.61. The average molecular weight is 260 g/mol. The van der Waals surface area contributed by atoms with Gasteiger partial charge in [-0.1, -0.05) is 6.92 Å². The van der Waals surface area contributed by atoms with Crippen molar-refractivity contribution in [2.45, 2.75) is 6.92 Å². The van der Waals surface area contributed by atoms with E-state index in [0.717, 1.165) is 0 Å². The van der Waals surface area contributed by atoms with Crippen molar-refractivity contribution in [3.8, 4) is 6.07 Å². The average Bonchev–Trinajstić information content (AvgIpc) is 2.45. The second kappa shape index (κ2) is 6.50. The summed E-state index contributed by atoms with van der Waals surface area (Å²) >= 11 is 0. The summed E-state index contributed by atoms with van der Waals surface area (Å²) in [5.74, 6) is -0.690. The number of nitriles is 1. The number of aromatic nitrogens is 1. The van der Waals surface area contributed by atoms with E-state index in [1.807, 2.05) is 6.07 Å². The van der Waals surface area contributed by atoms with E-state index in [1.54, 1.807) is 21.0 Å². The Balaban J connectivity index is 2.71. The quantitative estimate of drug-likeness (QED) is 0.849. The maximum atomic E-state index is 12.0. The molecular weight excluding hydrogens is 244 g/mol. The van der Waals surface area contributed by atoms with E-state index < -0.39 is 0 Å². The van der Waals surface area contributed by atoms with Crippen molar-refractivity contribution in [3.05, 3.63) is 29.6 Å². The molecule has 6 nitrogen and oxygen atoms in total. The van der Waals surface area contributed by atoms with Crippen LogP contribution in [0.25, 0.3) is 0 Å². The third-order valence-electron chi connectivity index (χ3n) is 2.70. The standard InChI is InChI=1S/C13H16N4O2/c1-9(12(18)15-2)8-17(3)13(19)11-5-4-10(6-14)7-16-11/h4-5,7,9H,8H2,1-3H3,(H,15,18). The minimum atomic E-state index is -0.294. The lowest BCUT2D eigenvalue weighted by molar-refractivity contribution is -0.124. The summed E-state index contributed by atoms with van der Waals surface area (Å²) in [5, 5.41) is 11.2. The van der Waals surface area contributed by atoms with Crippen LogP contribution in [0, 0.1) is 17.2 Å². The van der Waals surface area contributed by atoms with E-state index in [4.69, 9.17) is 5.26 Å². The maximum absolute atomic E-state index is 12.0. The number of amides is 2. The number of hydrogen-bond acceptors (Lipinski definition) is 4. The first-order valence-corrected chi connectivity index (χ1v) is 5.82. The molecule has 2 amide bonds. The van der Waals surface area contributed by atoms with Crippen molar-refractivity contribution in [3.63, 3.8) is 0 Å². The molecule has 0 fully saturated rings. The molecule has 0 radical (unpaired) electrons. The van der Waals surface area contributed by atoms with E-state index in [0.29, 0.717) is 12.1 Å². The van der Waals surface area contributed by atoms with Crippen LogP contribution in [0.1, 0.15) is 23.0 Å². The van der Waals surface area contributed by atoms with Crippen LogP contribution in [0.2, 0.25) is 0 Å². The van der Waals surface area contributed by atoms with Crippen LogP contribution >= 0.6 is 0 Å². The number of carbonyl (C=O) groups is 2. The molecule has 0 aliphatic heterocycles. The van der Waals surface area contributed by atoms with Gasteiger partial charge in [0.15, 0.2) is 0 Å². The number of rotatable bonds is 4. The Morgan fingerprint density at radius 2 is 2.21 bits per heavy atom. The van der Waals surface area contributed by atoms with E-state index in [-0.39, 0.29) is 23.4 Å². The predicted octanol–water partition coefficient (Wildman–Crippen LogP) is 0.407. The van der Waals surface area contributed by atoms with Crippen LogP contribution in [0.3, 0.4) is 0 Å². The summed E-state index contributed by atoms with van der Waals surface area (Å²) < 4.78 is 0. The first-order valence-electron chi connectivity index (χ1n) is 5.82. The Hall–Kier alpha value is -2.42. The lowest BCUT2D eigenvalue weighted by Crippen LogP contribution is -2.37. The van der Waals surface area contributed by atoms with Crippen LogP contribution < -0.4 is 5.32 Å². The molecular formula is C13H16N4O2. The second-order valence-electron chi connectivity index (χ2n) is 4.24. The summed E-state index contributed by atoms with van der Waals surface area (Å²) in [6, 6.07) is 4.98. The largest absolute Gasteiger partial charge is 0.359 e. The Morgan fingerprint density at radius 3 is 2.68 bits per heavy atom. The summed E-state index contributed by atoms with van der Waals surface area (Å²) in [6.07, 6.45) is 1.35. The molecule has 0 spiro atoms. The number of pyridine rings is 1. The summed E-state index contributed by atoms with van der Waals surface area (Å²) in [4.78, 5) is 28.8. The fraction of sp³-hybridized carbons (Fsp3) is 0.385. The Bertz CT molecular complexity index is 504. The monoisotopic (exact) mass is 260 g/mol. The number of hydrogen-bond donors (Lipinski definition) is 1. The van der Waals surface area contributed by atoms with Gasteiger partial charge in [-0.2, -0.15) is 5.26 Å². The molecule has 0 aromatic carbocycles. The molecule has 0 saturated carbocycles. The van der Waals surface area contributed by atoms with Crippen LogP contribution in [0.15, 0.2) is 18.3 Å². The Kier molecular flexibility index (Phi) is 5.01. The van der Waals surface area contributed by atoms with Crippen molar-refractivity contribution < 1.29 is 9.59 Å². The van der Waals surface area contributed by atoms with E-state index in [1.165, 1.54) is 23.2 Å². The molecule has 0 saturated heterocycles. The van der Waals surface area contributed by atoms with E-state index in [9.17, 15) is 9.59 Å². The molecule has 100 valence electrons. The minimum Gasteiger partial charge on any atom is -0.359 e. The van der Waals surface area contributed by atoms with E-state index >= 15 is 0 Å². The van der Waals surface area contributed by atoms with Gasteiger partial charge in [0, 0.05) is 26.8 Å². The van der Waals surface area contributed by atoms with Gasteiger partial charge < -0.3 is 10.2 Å². The molecule has 6 heteroatoms. The molecule has 0 bridgehead atoms. The van der Waals surface area contributed by atoms with Crippen molar-refractivity contribution in [2.24, 2.45) is 5.92 Å². The van der Waals surface area contributed by atoms with Gasteiger partial charge in [0.25, 0.3) is 5.91 Å². The molecule has 1 aromatic rings. The molecule has 1 rings (SSSR count). The van der Waals surface area contributed by atoms with Gasteiger partial charge in [0.2, 0.25) is 5.91 Å². The summed E-state index contributed by atoms with van der Waals surface area (Å²) in [6.45, 7) is 2.05. The first kappa shape index (κ1) is 14.6. The smallest absolute Gasteiger partial charge is 0.272 e. The minimum absolute atomic E-state index is 0.118. The lowest BCUT2D eigenvalue weighted by Gasteiger charge is -2.20. The number of nitrogens with one attached hydrogen (secondary N) is 1. The number of carbonyl (C=O) groups excluding carboxylic acids is 2. The fourth-order valence-corrected chi connectivity index (χ4v) is 1.61. The highest BCUT2D eigenvalue weighted by molar-refractivity contribution is 5.92. The van der Waals surface area contributed by atoms with E-state index in [2.05, 4.69) is 10.3 Å². The van der Waals surface area contributed by atoms with Gasteiger partial charge in [0.1, 0.15) is 11.8 Å². The molecule has 1 unspecified atom stereocenters. The third-order valence-corrected chi connectivity index (χ3v) is 2.70. The van der Waals surface area contributed by atoms with Crippen LogP contribution in [0.5, 0.6) is 0 Å². The topological polar surface area (TPSA) is 86.1 Å². The number of nitrogens with zero attached hydrogens (tertiary/aromatic N) is 3. The molecule has 0 aliphatic rings. The zero-order valence-electron chi connectivity index (χ0n) is 11.2. The van der Waals surface area contributed by atoms with Crippen molar-refractivity contribution in [1.29, 1.82) is 5.26 Å². The highest BCUT2D eigenvalue weighted by atomic mass is 16.2. The van der Waals surface area contributed by atoms with Crippen molar-refractivity contribution in [1.82, 2.24) is 15.2 Å². The Labute approximate surface area is 112 Å². The van der Waals surface area contributed by atoms with Gasteiger partial charge in [-0.25, -0.2) is 4.98 Å². The molecule has 1 atom stereocenters. The molecule has 1 aromatic heterocycles. The van der Waals surface area contributed by atoms with Gasteiger partial charge >= 0.3 is 0 Å². The molecule has 0 aliphatic carbocycles. The first-order chi connectivity index (χ1) is 8.99. The van der Waals surface area contributed by atoms with Gasteiger partial charge in [-0.05, 0) is 12.1 Å².